The van der Waals surface area contributed by atoms with Crippen molar-refractivity contribution in [1.29, 1.82) is 0 Å². The highest BCUT2D eigenvalue weighted by Gasteiger charge is 2.62. The summed E-state index contributed by atoms with van der Waals surface area (Å²) < 4.78 is 5.63. The maximum absolute atomic E-state index is 12.6. The molecule has 1 fully saturated rings. The number of urea groups is 1. The maximum Gasteiger partial charge on any atom is 0.316 e. The van der Waals surface area contributed by atoms with Gasteiger partial charge < -0.3 is 26.8 Å². The fraction of sp³-hybridized carbons (Fsp3) is 0.500. The lowest BCUT2D eigenvalue weighted by atomic mass is 9.54. The van der Waals surface area contributed by atoms with Crippen LogP contribution in [0.25, 0.3) is 0 Å². The summed E-state index contributed by atoms with van der Waals surface area (Å²) in [6.45, 7) is 6.40. The molecule has 0 spiro atoms. The second-order valence-corrected chi connectivity index (χ2v) is 6.36. The van der Waals surface area contributed by atoms with Crippen molar-refractivity contribution in [2.75, 3.05) is 17.2 Å². The number of nitrogens with one attached hydrogen (secondary N) is 2. The van der Waals surface area contributed by atoms with Gasteiger partial charge in [0.05, 0.1) is 6.10 Å². The van der Waals surface area contributed by atoms with Crippen molar-refractivity contribution < 1.29 is 14.3 Å². The Bertz CT molecular complexity index is 606. The number of halogens is 1. The molecule has 7 nitrogen and oxygen atoms in total. The Morgan fingerprint density at radius 2 is 1.71 bits per heavy atom. The molecular formula is C16H25ClN4O3. The molecule has 1 aromatic carbocycles. The summed E-state index contributed by atoms with van der Waals surface area (Å²) >= 11 is 0. The zero-order chi connectivity index (χ0) is 17.3. The Kier molecular flexibility index (Phi) is 6.21. The number of hydrogen-bond donors (Lipinski definition) is 4. The molecule has 24 heavy (non-hydrogen) atoms. The van der Waals surface area contributed by atoms with Crippen molar-refractivity contribution in [2.24, 2.45) is 16.9 Å². The van der Waals surface area contributed by atoms with Crippen LogP contribution in [0.15, 0.2) is 24.3 Å². The molecule has 0 heterocycles. The van der Waals surface area contributed by atoms with Gasteiger partial charge in [-0.05, 0) is 31.2 Å². The molecule has 0 bridgehead atoms. The Morgan fingerprint density at radius 3 is 2.12 bits per heavy atom. The molecule has 134 valence electrons. The first kappa shape index (κ1) is 20.2. The second kappa shape index (κ2) is 7.38. The summed E-state index contributed by atoms with van der Waals surface area (Å²) in [4.78, 5) is 23.3. The number of amides is 3. The van der Waals surface area contributed by atoms with Crippen molar-refractivity contribution in [3.05, 3.63) is 24.3 Å². The fourth-order valence-corrected chi connectivity index (χ4v) is 2.84. The minimum atomic E-state index is -0.975. The smallest absolute Gasteiger partial charge is 0.316 e. The highest BCUT2D eigenvalue weighted by Crippen LogP contribution is 2.50. The highest BCUT2D eigenvalue weighted by atomic mass is 35.5. The lowest BCUT2D eigenvalue weighted by Crippen LogP contribution is -2.74. The average molecular weight is 357 g/mol. The number of carbonyl (C=O) groups is 2. The largest absolute Gasteiger partial charge is 0.378 e. The number of nitrogens with two attached hydrogens (primary N) is 2. The van der Waals surface area contributed by atoms with Crippen LogP contribution in [0, 0.1) is 5.41 Å². The molecule has 1 aliphatic carbocycles. The van der Waals surface area contributed by atoms with Crippen molar-refractivity contribution in [1.82, 2.24) is 0 Å². The van der Waals surface area contributed by atoms with Crippen LogP contribution in [0.2, 0.25) is 0 Å². The normalized spacial score (nSPS) is 24.2. The van der Waals surface area contributed by atoms with Gasteiger partial charge in [0.15, 0.2) is 0 Å². The quantitative estimate of drug-likeness (QED) is 0.645. The molecule has 2 unspecified atom stereocenters. The minimum Gasteiger partial charge on any atom is -0.378 e. The number of rotatable bonds is 5. The molecule has 0 aromatic heterocycles. The van der Waals surface area contributed by atoms with Crippen LogP contribution in [-0.2, 0) is 9.53 Å². The molecule has 8 heteroatoms. The summed E-state index contributed by atoms with van der Waals surface area (Å²) in [6.07, 6.45) is 0.464. The molecule has 0 radical (unpaired) electrons. The lowest BCUT2D eigenvalue weighted by Gasteiger charge is -2.57. The monoisotopic (exact) mass is 356 g/mol. The van der Waals surface area contributed by atoms with Crippen LogP contribution in [0.1, 0.15) is 27.2 Å². The van der Waals surface area contributed by atoms with E-state index in [0.717, 1.165) is 0 Å². The average Bonchev–Trinajstić information content (AvgIpc) is 2.48. The van der Waals surface area contributed by atoms with Gasteiger partial charge in [-0.1, -0.05) is 13.8 Å². The zero-order valence-corrected chi connectivity index (χ0v) is 14.9. The molecule has 0 saturated heterocycles. The van der Waals surface area contributed by atoms with Gasteiger partial charge in [0.2, 0.25) is 5.91 Å². The van der Waals surface area contributed by atoms with Gasteiger partial charge in [-0.15, -0.1) is 12.4 Å². The number of carbonyl (C=O) groups excluding carboxylic acids is 2. The number of anilines is 2. The number of benzene rings is 1. The van der Waals surface area contributed by atoms with Crippen LogP contribution >= 0.6 is 12.4 Å². The molecule has 6 N–H and O–H groups in total. The van der Waals surface area contributed by atoms with Gasteiger partial charge >= 0.3 is 6.03 Å². The fourth-order valence-electron chi connectivity index (χ4n) is 2.84. The highest BCUT2D eigenvalue weighted by molar-refractivity contribution is 6.00. The topological polar surface area (TPSA) is 119 Å². The molecule has 1 saturated carbocycles. The van der Waals surface area contributed by atoms with Crippen LogP contribution in [0.3, 0.4) is 0 Å². The van der Waals surface area contributed by atoms with Crippen molar-refractivity contribution in [2.45, 2.75) is 38.8 Å². The van der Waals surface area contributed by atoms with E-state index in [0.29, 0.717) is 24.4 Å². The molecule has 2 rings (SSSR count). The lowest BCUT2D eigenvalue weighted by molar-refractivity contribution is -0.166. The van der Waals surface area contributed by atoms with E-state index in [-0.39, 0.29) is 24.4 Å². The molecule has 0 aliphatic heterocycles. The van der Waals surface area contributed by atoms with Crippen LogP contribution in [0.4, 0.5) is 16.2 Å². The van der Waals surface area contributed by atoms with Crippen LogP contribution in [-0.4, -0.2) is 30.2 Å². The van der Waals surface area contributed by atoms with E-state index >= 15 is 0 Å². The third kappa shape index (κ3) is 3.63. The Hall–Kier alpha value is -1.83. The first-order chi connectivity index (χ1) is 10.7. The van der Waals surface area contributed by atoms with Crippen LogP contribution in [0.5, 0.6) is 0 Å². The molecule has 3 amide bonds. The van der Waals surface area contributed by atoms with Gasteiger partial charge in [-0.2, -0.15) is 0 Å². The van der Waals surface area contributed by atoms with E-state index in [9.17, 15) is 9.59 Å². The minimum absolute atomic E-state index is 0. The third-order valence-corrected chi connectivity index (χ3v) is 4.65. The van der Waals surface area contributed by atoms with E-state index in [1.807, 2.05) is 20.8 Å². The summed E-state index contributed by atoms with van der Waals surface area (Å²) in [7, 11) is 0. The Balaban J connectivity index is 0.00000288. The molecule has 1 aliphatic rings. The van der Waals surface area contributed by atoms with E-state index in [1.165, 1.54) is 0 Å². The predicted octanol–water partition coefficient (Wildman–Crippen LogP) is 2.07. The van der Waals surface area contributed by atoms with E-state index in [2.05, 4.69) is 10.6 Å². The van der Waals surface area contributed by atoms with E-state index in [4.69, 9.17) is 16.2 Å². The van der Waals surface area contributed by atoms with Crippen molar-refractivity contribution >= 4 is 35.7 Å². The summed E-state index contributed by atoms with van der Waals surface area (Å²) in [5.74, 6) is -0.242. The maximum atomic E-state index is 12.6. The first-order valence-corrected chi connectivity index (χ1v) is 7.59. The molecule has 2 atom stereocenters. The molecule has 1 aromatic rings. The van der Waals surface area contributed by atoms with Crippen molar-refractivity contribution in [3.8, 4) is 0 Å². The Morgan fingerprint density at radius 1 is 1.21 bits per heavy atom. The summed E-state index contributed by atoms with van der Waals surface area (Å²) in [5.41, 5.74) is 11.1. The second-order valence-electron chi connectivity index (χ2n) is 6.36. The van der Waals surface area contributed by atoms with E-state index < -0.39 is 17.0 Å². The third-order valence-electron chi connectivity index (χ3n) is 4.65. The zero-order valence-electron chi connectivity index (χ0n) is 14.1. The number of hydrogen-bond acceptors (Lipinski definition) is 4. The van der Waals surface area contributed by atoms with Crippen molar-refractivity contribution in [3.63, 3.8) is 0 Å². The SMILES string of the molecule is CCOC1CC(N)(C(=O)Nc2ccc(NC(N)=O)cc2)C1(C)C.Cl. The van der Waals surface area contributed by atoms with Gasteiger partial charge in [0, 0.05) is 29.8 Å². The van der Waals surface area contributed by atoms with Gasteiger partial charge in [-0.3, -0.25) is 4.79 Å². The number of ether oxygens (including phenoxy) is 1. The Labute approximate surface area is 147 Å². The summed E-state index contributed by atoms with van der Waals surface area (Å²) in [6, 6.07) is 6.02. The molecular weight excluding hydrogens is 332 g/mol. The van der Waals surface area contributed by atoms with E-state index in [1.54, 1.807) is 24.3 Å². The first-order valence-electron chi connectivity index (χ1n) is 7.59. The standard InChI is InChI=1S/C16H24N4O3.ClH/c1-4-23-12-9-16(18,15(12,2)3)13(21)19-10-5-7-11(8-6-10)20-14(17)22;/h5-8,12H,4,9,18H2,1-3H3,(H,19,21)(H3,17,20,22);1H. The number of primary amides is 1. The predicted molar refractivity (Wildman–Crippen MR) is 96.3 cm³/mol. The van der Waals surface area contributed by atoms with Crippen LogP contribution < -0.4 is 22.1 Å². The van der Waals surface area contributed by atoms with Gasteiger partial charge in [0.1, 0.15) is 5.54 Å². The summed E-state index contributed by atoms with van der Waals surface area (Å²) in [5, 5.41) is 5.28. The van der Waals surface area contributed by atoms with Gasteiger partial charge in [0.25, 0.3) is 0 Å². The van der Waals surface area contributed by atoms with Gasteiger partial charge in [-0.25, -0.2) is 4.79 Å².